The Morgan fingerprint density at radius 3 is 2.33 bits per heavy atom. The van der Waals surface area contributed by atoms with E-state index in [4.69, 9.17) is 9.84 Å². The van der Waals surface area contributed by atoms with E-state index in [1.54, 1.807) is 0 Å². The van der Waals surface area contributed by atoms with Crippen LogP contribution in [0.3, 0.4) is 0 Å². The largest absolute Gasteiger partial charge is 0.497 e. The Bertz CT molecular complexity index is 422. The molecule has 0 aliphatic heterocycles. The molecule has 0 aliphatic carbocycles. The molecule has 0 atom stereocenters. The van der Waals surface area contributed by atoms with Crippen molar-refractivity contribution in [2.24, 2.45) is 0 Å². The highest BCUT2D eigenvalue weighted by Crippen LogP contribution is 2.17. The van der Waals surface area contributed by atoms with Gasteiger partial charge in [0, 0.05) is 5.56 Å². The van der Waals surface area contributed by atoms with Crippen LogP contribution in [0.5, 0.6) is 5.75 Å². The summed E-state index contributed by atoms with van der Waals surface area (Å²) >= 11 is 0. The molecule has 0 unspecified atom stereocenters. The van der Waals surface area contributed by atoms with Crippen molar-refractivity contribution < 1.29 is 24.2 Å². The van der Waals surface area contributed by atoms with Crippen molar-refractivity contribution in [3.05, 3.63) is 29.3 Å². The minimum Gasteiger partial charge on any atom is -0.497 e. The molecule has 1 N–H and O–H groups in total. The molecule has 15 heavy (non-hydrogen) atoms. The highest BCUT2D eigenvalue weighted by atomic mass is 16.5. The lowest BCUT2D eigenvalue weighted by molar-refractivity contribution is -0.104. The van der Waals surface area contributed by atoms with E-state index >= 15 is 0 Å². The molecule has 0 amide bonds. The molecule has 0 saturated carbocycles. The lowest BCUT2D eigenvalue weighted by atomic mass is 10.1. The van der Waals surface area contributed by atoms with E-state index < -0.39 is 11.8 Å². The monoisotopic (exact) mass is 208 g/mol. The fraction of sp³-hybridized carbons (Fsp3) is 0.100. The van der Waals surface area contributed by atoms with Gasteiger partial charge in [0.1, 0.15) is 5.75 Å². The van der Waals surface area contributed by atoms with Gasteiger partial charge in [0.2, 0.25) is 5.78 Å². The first kappa shape index (κ1) is 10.9. The van der Waals surface area contributed by atoms with Crippen LogP contribution in [0.1, 0.15) is 20.7 Å². The summed E-state index contributed by atoms with van der Waals surface area (Å²) in [5.41, 5.74) is -0.0960. The van der Waals surface area contributed by atoms with Crippen LogP contribution in [0.4, 0.5) is 0 Å². The van der Waals surface area contributed by atoms with Crippen LogP contribution in [0.2, 0.25) is 0 Å². The number of rotatable bonds is 4. The second-order valence-corrected chi connectivity index (χ2v) is 2.74. The lowest BCUT2D eigenvalue weighted by Gasteiger charge is -2.03. The van der Waals surface area contributed by atoms with Crippen LogP contribution >= 0.6 is 0 Å². The Hall–Kier alpha value is -2.17. The smallest absolute Gasteiger partial charge is 0.335 e. The molecular formula is C10H8O5. The van der Waals surface area contributed by atoms with Crippen LogP contribution in [0, 0.1) is 0 Å². The summed E-state index contributed by atoms with van der Waals surface area (Å²) in [5.74, 6) is -1.75. The number of carboxylic acids is 1. The Balaban J connectivity index is 3.28. The van der Waals surface area contributed by atoms with Crippen LogP contribution in [-0.4, -0.2) is 30.3 Å². The Kier molecular flexibility index (Phi) is 3.17. The number of Topliss-reactive ketones (excluding diaryl/α,β-unsaturated/α-hetero) is 1. The van der Waals surface area contributed by atoms with Crippen molar-refractivity contribution in [2.75, 3.05) is 7.11 Å². The van der Waals surface area contributed by atoms with Gasteiger partial charge in [-0.25, -0.2) is 4.79 Å². The zero-order chi connectivity index (χ0) is 11.4. The summed E-state index contributed by atoms with van der Waals surface area (Å²) in [5, 5.41) is 8.73. The summed E-state index contributed by atoms with van der Waals surface area (Å²) in [7, 11) is 1.34. The third kappa shape index (κ3) is 2.40. The fourth-order valence-corrected chi connectivity index (χ4v) is 1.05. The number of carbonyl (C=O) groups is 3. The summed E-state index contributed by atoms with van der Waals surface area (Å²) in [4.78, 5) is 32.0. The molecule has 0 radical (unpaired) electrons. The van der Waals surface area contributed by atoms with E-state index in [-0.39, 0.29) is 23.2 Å². The zero-order valence-corrected chi connectivity index (χ0v) is 7.89. The summed E-state index contributed by atoms with van der Waals surface area (Å²) in [6.07, 6.45) is 0.125. The van der Waals surface area contributed by atoms with Gasteiger partial charge in [-0.1, -0.05) is 0 Å². The van der Waals surface area contributed by atoms with Gasteiger partial charge in [0.05, 0.1) is 12.7 Å². The number of hydrogen-bond acceptors (Lipinski definition) is 4. The SMILES string of the molecule is COc1cc(C(=O)O)cc(C(=O)C=O)c1. The maximum atomic E-state index is 11.0. The standard InChI is InChI=1S/C10H8O5/c1-15-8-3-6(9(12)5-11)2-7(4-8)10(13)14/h2-5H,1H3,(H,13,14). The molecule has 0 aromatic heterocycles. The van der Waals surface area contributed by atoms with Gasteiger partial charge >= 0.3 is 5.97 Å². The highest BCUT2D eigenvalue weighted by Gasteiger charge is 2.11. The second-order valence-electron chi connectivity index (χ2n) is 2.74. The predicted molar refractivity (Wildman–Crippen MR) is 50.3 cm³/mol. The van der Waals surface area contributed by atoms with Gasteiger partial charge < -0.3 is 9.84 Å². The quantitative estimate of drug-likeness (QED) is 0.449. The Morgan fingerprint density at radius 1 is 1.27 bits per heavy atom. The molecule has 0 saturated heterocycles. The van der Waals surface area contributed by atoms with Gasteiger partial charge in [-0.05, 0) is 18.2 Å². The van der Waals surface area contributed by atoms with Crippen LogP contribution in [0.25, 0.3) is 0 Å². The number of aromatic carboxylic acids is 1. The third-order valence-electron chi connectivity index (χ3n) is 1.78. The topological polar surface area (TPSA) is 80.7 Å². The first-order valence-corrected chi connectivity index (χ1v) is 4.00. The Labute approximate surface area is 85.3 Å². The maximum absolute atomic E-state index is 11.0. The third-order valence-corrected chi connectivity index (χ3v) is 1.78. The molecule has 78 valence electrons. The molecule has 0 aliphatic rings. The van der Waals surface area contributed by atoms with E-state index in [0.717, 1.165) is 6.07 Å². The van der Waals surface area contributed by atoms with Crippen molar-refractivity contribution >= 4 is 18.0 Å². The molecule has 5 heteroatoms. The van der Waals surface area contributed by atoms with Crippen molar-refractivity contribution in [3.8, 4) is 5.75 Å². The van der Waals surface area contributed by atoms with Gasteiger partial charge in [-0.15, -0.1) is 0 Å². The van der Waals surface area contributed by atoms with E-state index in [1.165, 1.54) is 19.2 Å². The van der Waals surface area contributed by atoms with Crippen LogP contribution in [0.15, 0.2) is 18.2 Å². The molecule has 0 spiro atoms. The fourth-order valence-electron chi connectivity index (χ4n) is 1.05. The van der Waals surface area contributed by atoms with Crippen molar-refractivity contribution in [1.29, 1.82) is 0 Å². The van der Waals surface area contributed by atoms with Crippen LogP contribution < -0.4 is 4.74 Å². The van der Waals surface area contributed by atoms with Crippen molar-refractivity contribution in [2.45, 2.75) is 0 Å². The number of benzene rings is 1. The Morgan fingerprint density at radius 2 is 1.87 bits per heavy atom. The van der Waals surface area contributed by atoms with E-state index in [0.29, 0.717) is 0 Å². The van der Waals surface area contributed by atoms with E-state index in [9.17, 15) is 14.4 Å². The molecule has 0 fully saturated rings. The molecule has 1 rings (SSSR count). The molecule has 5 nitrogen and oxygen atoms in total. The summed E-state index contributed by atoms with van der Waals surface area (Å²) in [6.45, 7) is 0. The predicted octanol–water partition coefficient (Wildman–Crippen LogP) is 0.775. The van der Waals surface area contributed by atoms with Crippen molar-refractivity contribution in [3.63, 3.8) is 0 Å². The number of hydrogen-bond donors (Lipinski definition) is 1. The normalized spacial score (nSPS) is 9.40. The van der Waals surface area contributed by atoms with Gasteiger partial charge in [0.15, 0.2) is 6.29 Å². The minimum absolute atomic E-state index is 0.00162. The number of carbonyl (C=O) groups excluding carboxylic acids is 2. The number of ether oxygens (including phenoxy) is 1. The minimum atomic E-state index is -1.19. The number of aldehydes is 1. The maximum Gasteiger partial charge on any atom is 0.335 e. The average Bonchev–Trinajstić information content (AvgIpc) is 2.27. The van der Waals surface area contributed by atoms with Crippen molar-refractivity contribution in [1.82, 2.24) is 0 Å². The van der Waals surface area contributed by atoms with E-state index in [1.807, 2.05) is 0 Å². The highest BCUT2D eigenvalue weighted by molar-refractivity contribution is 6.33. The average molecular weight is 208 g/mol. The summed E-state index contributed by atoms with van der Waals surface area (Å²) < 4.78 is 4.81. The lowest BCUT2D eigenvalue weighted by Crippen LogP contribution is -2.04. The molecule has 0 bridgehead atoms. The molecule has 0 heterocycles. The summed E-state index contributed by atoms with van der Waals surface area (Å²) in [6, 6.07) is 3.70. The number of carboxylic acid groups (broad SMARTS) is 1. The number of ketones is 1. The zero-order valence-electron chi connectivity index (χ0n) is 7.89. The van der Waals surface area contributed by atoms with E-state index in [2.05, 4.69) is 0 Å². The first-order chi connectivity index (χ1) is 7.08. The first-order valence-electron chi connectivity index (χ1n) is 4.00. The molecule has 1 aromatic rings. The number of methoxy groups -OCH3 is 1. The second kappa shape index (κ2) is 4.36. The van der Waals surface area contributed by atoms with Gasteiger partial charge in [-0.2, -0.15) is 0 Å². The van der Waals surface area contributed by atoms with Crippen LogP contribution in [-0.2, 0) is 4.79 Å². The van der Waals surface area contributed by atoms with Gasteiger partial charge in [0.25, 0.3) is 0 Å². The molecule has 1 aromatic carbocycles. The molecular weight excluding hydrogens is 200 g/mol. The van der Waals surface area contributed by atoms with Gasteiger partial charge in [-0.3, -0.25) is 9.59 Å².